The quantitative estimate of drug-likeness (QED) is 0.630. The molecule has 0 fully saturated rings. The lowest BCUT2D eigenvalue weighted by atomic mass is 10.2. The van der Waals surface area contributed by atoms with Crippen molar-refractivity contribution >= 4 is 22.5 Å². The minimum absolute atomic E-state index is 0.0129. The van der Waals surface area contributed by atoms with Crippen molar-refractivity contribution in [2.24, 2.45) is 0 Å². The fourth-order valence-electron chi connectivity index (χ4n) is 3.03. The van der Waals surface area contributed by atoms with Gasteiger partial charge in [0.05, 0.1) is 11.9 Å². The Kier molecular flexibility index (Phi) is 6.03. The third kappa shape index (κ3) is 4.36. The summed E-state index contributed by atoms with van der Waals surface area (Å²) in [5, 5.41) is 8.52. The molecule has 0 aliphatic heterocycles. The van der Waals surface area contributed by atoms with E-state index in [-0.39, 0.29) is 24.4 Å². The lowest BCUT2D eigenvalue weighted by molar-refractivity contribution is -0.131. The van der Waals surface area contributed by atoms with Crippen LogP contribution in [-0.2, 0) is 17.9 Å². The smallest absolute Gasteiger partial charge is 0.277 e. The summed E-state index contributed by atoms with van der Waals surface area (Å²) in [6.07, 6.45) is 0.205. The molecular weight excluding hydrogens is 354 g/mol. The Bertz CT molecular complexity index is 1010. The van der Waals surface area contributed by atoms with Gasteiger partial charge >= 0.3 is 0 Å². The average molecular weight is 379 g/mol. The van der Waals surface area contributed by atoms with Crippen molar-refractivity contribution in [2.45, 2.75) is 26.4 Å². The monoisotopic (exact) mass is 379 g/mol. The molecule has 0 radical (unpaired) electrons. The molecule has 3 aromatic rings. The Hall–Kier alpha value is -3.22. The van der Waals surface area contributed by atoms with E-state index in [1.807, 2.05) is 56.3 Å². The van der Waals surface area contributed by atoms with Crippen LogP contribution >= 0.6 is 0 Å². The lowest BCUT2D eigenvalue weighted by Crippen LogP contribution is -2.33. The summed E-state index contributed by atoms with van der Waals surface area (Å²) in [6, 6.07) is 15.2. The first-order valence-corrected chi connectivity index (χ1v) is 9.36. The second kappa shape index (κ2) is 8.65. The van der Waals surface area contributed by atoms with E-state index in [1.54, 1.807) is 23.1 Å². The number of aryl methyl sites for hydroxylation is 1. The van der Waals surface area contributed by atoms with Crippen LogP contribution in [0.25, 0.3) is 10.9 Å². The normalized spacial score (nSPS) is 10.8. The van der Waals surface area contributed by atoms with E-state index in [1.165, 1.54) is 4.68 Å². The van der Waals surface area contributed by atoms with Crippen LogP contribution in [0.1, 0.15) is 18.9 Å². The second-order valence-corrected chi connectivity index (χ2v) is 6.85. The molecule has 28 heavy (non-hydrogen) atoms. The SMILES string of the molecule is CCN(Cc1ccc(N(C)C)cc1)C(=O)CCn1nnc2ccccc2c1=O. The van der Waals surface area contributed by atoms with Gasteiger partial charge in [0.25, 0.3) is 5.56 Å². The highest BCUT2D eigenvalue weighted by Gasteiger charge is 2.14. The van der Waals surface area contributed by atoms with Crippen LogP contribution in [0.15, 0.2) is 53.3 Å². The topological polar surface area (TPSA) is 71.3 Å². The third-order valence-electron chi connectivity index (χ3n) is 4.73. The zero-order valence-corrected chi connectivity index (χ0v) is 16.5. The first-order valence-electron chi connectivity index (χ1n) is 9.36. The zero-order valence-electron chi connectivity index (χ0n) is 16.5. The van der Waals surface area contributed by atoms with E-state index in [0.717, 1.165) is 11.3 Å². The number of aromatic nitrogens is 3. The molecule has 0 saturated carbocycles. The Labute approximate surface area is 164 Å². The molecule has 0 saturated heterocycles. The van der Waals surface area contributed by atoms with Gasteiger partial charge in [-0.3, -0.25) is 9.59 Å². The highest BCUT2D eigenvalue weighted by molar-refractivity contribution is 5.77. The number of carbonyl (C=O) groups excluding carboxylic acids is 1. The molecule has 1 aromatic heterocycles. The minimum Gasteiger partial charge on any atom is -0.378 e. The van der Waals surface area contributed by atoms with Gasteiger partial charge in [-0.2, -0.15) is 0 Å². The van der Waals surface area contributed by atoms with Gasteiger partial charge in [-0.1, -0.05) is 29.5 Å². The number of carbonyl (C=O) groups is 1. The van der Waals surface area contributed by atoms with E-state index in [0.29, 0.717) is 24.0 Å². The Balaban J connectivity index is 1.66. The molecule has 0 unspecified atom stereocenters. The van der Waals surface area contributed by atoms with Gasteiger partial charge < -0.3 is 9.80 Å². The molecular formula is C21H25N5O2. The average Bonchev–Trinajstić information content (AvgIpc) is 2.71. The van der Waals surface area contributed by atoms with E-state index in [9.17, 15) is 9.59 Å². The largest absolute Gasteiger partial charge is 0.378 e. The number of benzene rings is 2. The Morgan fingerprint density at radius 2 is 1.79 bits per heavy atom. The maximum atomic E-state index is 12.7. The molecule has 0 aliphatic carbocycles. The number of fused-ring (bicyclic) bond motifs is 1. The van der Waals surface area contributed by atoms with Crippen molar-refractivity contribution in [1.29, 1.82) is 0 Å². The van der Waals surface area contributed by atoms with Crippen LogP contribution in [-0.4, -0.2) is 46.4 Å². The van der Waals surface area contributed by atoms with Crippen molar-refractivity contribution in [3.8, 4) is 0 Å². The van der Waals surface area contributed by atoms with Crippen LogP contribution < -0.4 is 10.5 Å². The summed E-state index contributed by atoms with van der Waals surface area (Å²) in [6.45, 7) is 3.31. The lowest BCUT2D eigenvalue weighted by Gasteiger charge is -2.21. The van der Waals surface area contributed by atoms with Gasteiger partial charge in [-0.25, -0.2) is 4.68 Å². The van der Waals surface area contributed by atoms with Crippen LogP contribution in [0.4, 0.5) is 5.69 Å². The maximum Gasteiger partial charge on any atom is 0.277 e. The molecule has 7 heteroatoms. The predicted molar refractivity (Wildman–Crippen MR) is 110 cm³/mol. The Morgan fingerprint density at radius 3 is 2.46 bits per heavy atom. The molecule has 7 nitrogen and oxygen atoms in total. The summed E-state index contributed by atoms with van der Waals surface area (Å²) < 4.78 is 1.26. The maximum absolute atomic E-state index is 12.7. The van der Waals surface area contributed by atoms with Gasteiger partial charge in [0, 0.05) is 39.3 Å². The van der Waals surface area contributed by atoms with Gasteiger partial charge in [-0.05, 0) is 36.8 Å². The summed E-state index contributed by atoms with van der Waals surface area (Å²) in [5.41, 5.74) is 2.53. The summed E-state index contributed by atoms with van der Waals surface area (Å²) in [7, 11) is 3.99. The summed E-state index contributed by atoms with van der Waals surface area (Å²) in [5.74, 6) is -0.0129. The first kappa shape index (κ1) is 19.5. The van der Waals surface area contributed by atoms with Crippen LogP contribution in [0.3, 0.4) is 0 Å². The van der Waals surface area contributed by atoms with Crippen LogP contribution in [0.2, 0.25) is 0 Å². The van der Waals surface area contributed by atoms with Crippen molar-refractivity contribution in [3.63, 3.8) is 0 Å². The molecule has 0 N–H and O–H groups in total. The standard InChI is InChI=1S/C21H25N5O2/c1-4-25(15-16-9-11-17(12-10-16)24(2)3)20(27)13-14-26-21(28)18-7-5-6-8-19(18)22-23-26/h5-12H,4,13-15H2,1-3H3. The number of hydrogen-bond donors (Lipinski definition) is 0. The number of nitrogens with zero attached hydrogens (tertiary/aromatic N) is 5. The fraction of sp³-hybridized carbons (Fsp3) is 0.333. The fourth-order valence-corrected chi connectivity index (χ4v) is 3.03. The van der Waals surface area contributed by atoms with Crippen molar-refractivity contribution in [3.05, 3.63) is 64.4 Å². The molecule has 146 valence electrons. The van der Waals surface area contributed by atoms with Crippen LogP contribution in [0.5, 0.6) is 0 Å². The molecule has 0 atom stereocenters. The van der Waals surface area contributed by atoms with Gasteiger partial charge in [0.1, 0.15) is 5.52 Å². The second-order valence-electron chi connectivity index (χ2n) is 6.85. The van der Waals surface area contributed by atoms with E-state index < -0.39 is 0 Å². The molecule has 0 spiro atoms. The third-order valence-corrected chi connectivity index (χ3v) is 4.73. The molecule has 3 rings (SSSR count). The van der Waals surface area contributed by atoms with E-state index >= 15 is 0 Å². The minimum atomic E-state index is -0.222. The summed E-state index contributed by atoms with van der Waals surface area (Å²) in [4.78, 5) is 29.0. The summed E-state index contributed by atoms with van der Waals surface area (Å²) >= 11 is 0. The highest BCUT2D eigenvalue weighted by Crippen LogP contribution is 2.14. The molecule has 1 amide bonds. The number of hydrogen-bond acceptors (Lipinski definition) is 5. The van der Waals surface area contributed by atoms with Crippen LogP contribution in [0, 0.1) is 0 Å². The number of anilines is 1. The van der Waals surface area contributed by atoms with E-state index in [4.69, 9.17) is 0 Å². The highest BCUT2D eigenvalue weighted by atomic mass is 16.2. The molecule has 0 aliphatic rings. The number of amides is 1. The van der Waals surface area contributed by atoms with Crippen molar-refractivity contribution < 1.29 is 4.79 Å². The van der Waals surface area contributed by atoms with E-state index in [2.05, 4.69) is 10.3 Å². The molecule has 0 bridgehead atoms. The molecule has 2 aromatic carbocycles. The van der Waals surface area contributed by atoms with Gasteiger partial charge in [0.15, 0.2) is 0 Å². The van der Waals surface area contributed by atoms with Crippen molar-refractivity contribution in [2.75, 3.05) is 25.5 Å². The Morgan fingerprint density at radius 1 is 1.07 bits per heavy atom. The predicted octanol–water partition coefficient (Wildman–Crippen LogP) is 2.30. The first-order chi connectivity index (χ1) is 13.5. The van der Waals surface area contributed by atoms with Gasteiger partial charge in [0.2, 0.25) is 5.91 Å². The van der Waals surface area contributed by atoms with Gasteiger partial charge in [-0.15, -0.1) is 5.10 Å². The molecule has 1 heterocycles. The number of rotatable bonds is 7. The zero-order chi connectivity index (χ0) is 20.1. The van der Waals surface area contributed by atoms with Crippen molar-refractivity contribution in [1.82, 2.24) is 19.9 Å².